The van der Waals surface area contributed by atoms with Gasteiger partial charge in [-0.3, -0.25) is 9.36 Å². The molecule has 0 N–H and O–H groups in total. The maximum Gasteiger partial charge on any atom is 0.261 e. The van der Waals surface area contributed by atoms with Gasteiger partial charge in [0.15, 0.2) is 0 Å². The summed E-state index contributed by atoms with van der Waals surface area (Å²) < 4.78 is 7.51. The molecule has 0 aliphatic carbocycles. The summed E-state index contributed by atoms with van der Waals surface area (Å²) >= 11 is 0. The van der Waals surface area contributed by atoms with Crippen molar-refractivity contribution < 1.29 is 4.74 Å². The summed E-state index contributed by atoms with van der Waals surface area (Å²) in [5.74, 6) is 1.44. The minimum Gasteiger partial charge on any atom is -0.440 e. The normalized spacial score (nSPS) is 12.6. The van der Waals surface area contributed by atoms with Gasteiger partial charge in [-0.25, -0.2) is 0 Å². The molecule has 2 heterocycles. The van der Waals surface area contributed by atoms with Crippen molar-refractivity contribution in [3.63, 3.8) is 0 Å². The molecule has 0 atom stereocenters. The Morgan fingerprint density at radius 3 is 2.74 bits per heavy atom. The lowest BCUT2D eigenvalue weighted by atomic mass is 10.1. The van der Waals surface area contributed by atoms with Gasteiger partial charge in [-0.1, -0.05) is 36.4 Å². The average molecular weight is 249 g/mol. The van der Waals surface area contributed by atoms with Gasteiger partial charge in [0.05, 0.1) is 6.54 Å². The maximum absolute atomic E-state index is 12.5. The van der Waals surface area contributed by atoms with Crippen LogP contribution in [0.3, 0.4) is 0 Å². The summed E-state index contributed by atoms with van der Waals surface area (Å²) in [6, 6.07) is 17.3. The van der Waals surface area contributed by atoms with E-state index in [9.17, 15) is 4.79 Å². The van der Waals surface area contributed by atoms with Gasteiger partial charge in [0, 0.05) is 17.0 Å². The van der Waals surface area contributed by atoms with Crippen molar-refractivity contribution in [2.45, 2.75) is 6.54 Å². The van der Waals surface area contributed by atoms with E-state index in [4.69, 9.17) is 4.74 Å². The minimum atomic E-state index is 0.00241. The summed E-state index contributed by atoms with van der Waals surface area (Å²) in [4.78, 5) is 12.5. The van der Waals surface area contributed by atoms with Gasteiger partial charge < -0.3 is 4.74 Å². The van der Waals surface area contributed by atoms with Gasteiger partial charge in [-0.15, -0.1) is 0 Å². The number of hydrogen-bond donors (Lipinski definition) is 0. The molecule has 4 rings (SSSR count). The third-order valence-corrected chi connectivity index (χ3v) is 3.50. The Hall–Kier alpha value is -2.55. The Balaban J connectivity index is 2.01. The second-order valence-corrected chi connectivity index (χ2v) is 4.67. The number of benzene rings is 2. The van der Waals surface area contributed by atoms with Crippen molar-refractivity contribution >= 4 is 10.8 Å². The summed E-state index contributed by atoms with van der Waals surface area (Å²) in [5.41, 5.74) is 1.04. The zero-order chi connectivity index (χ0) is 12.8. The monoisotopic (exact) mass is 249 g/mol. The van der Waals surface area contributed by atoms with Gasteiger partial charge in [0.25, 0.3) is 5.56 Å². The molecule has 0 saturated carbocycles. The molecule has 0 unspecified atom stereocenters. The standard InChI is InChI=1S/C16H11NO2/c18-16-13-7-3-1-5-11(13)9-15-17(16)10-12-6-2-4-8-14(12)19-15/h1-9H,10H2. The highest BCUT2D eigenvalue weighted by Crippen LogP contribution is 2.32. The van der Waals surface area contributed by atoms with E-state index < -0.39 is 0 Å². The highest BCUT2D eigenvalue weighted by atomic mass is 16.5. The number of hydrogen-bond acceptors (Lipinski definition) is 2. The molecular formula is C16H11NO2. The van der Waals surface area contributed by atoms with E-state index in [-0.39, 0.29) is 5.56 Å². The fourth-order valence-electron chi connectivity index (χ4n) is 2.53. The molecule has 0 bridgehead atoms. The van der Waals surface area contributed by atoms with Crippen LogP contribution in [0.2, 0.25) is 0 Å². The quantitative estimate of drug-likeness (QED) is 0.479. The molecule has 1 aliphatic heterocycles. The molecule has 1 aliphatic rings. The van der Waals surface area contributed by atoms with Crippen LogP contribution in [0.1, 0.15) is 5.56 Å². The first kappa shape index (κ1) is 10.4. The lowest BCUT2D eigenvalue weighted by Crippen LogP contribution is -2.25. The van der Waals surface area contributed by atoms with E-state index in [0.29, 0.717) is 12.4 Å². The van der Waals surface area contributed by atoms with Crippen LogP contribution in [0.25, 0.3) is 10.8 Å². The number of ether oxygens (including phenoxy) is 1. The predicted octanol–water partition coefficient (Wildman–Crippen LogP) is 3.16. The van der Waals surface area contributed by atoms with Crippen LogP contribution >= 0.6 is 0 Å². The van der Waals surface area contributed by atoms with Crippen molar-refractivity contribution in [1.82, 2.24) is 4.57 Å². The first-order valence-corrected chi connectivity index (χ1v) is 6.21. The molecule has 0 saturated heterocycles. The average Bonchev–Trinajstić information content (AvgIpc) is 2.46. The van der Waals surface area contributed by atoms with Crippen molar-refractivity contribution in [3.8, 4) is 11.6 Å². The molecule has 3 heteroatoms. The molecule has 0 radical (unpaired) electrons. The van der Waals surface area contributed by atoms with E-state index in [0.717, 1.165) is 22.1 Å². The molecular weight excluding hydrogens is 238 g/mol. The number of para-hydroxylation sites is 1. The first-order chi connectivity index (χ1) is 9.33. The van der Waals surface area contributed by atoms with E-state index in [1.54, 1.807) is 4.57 Å². The molecule has 0 fully saturated rings. The van der Waals surface area contributed by atoms with Crippen molar-refractivity contribution in [3.05, 3.63) is 70.5 Å². The van der Waals surface area contributed by atoms with E-state index in [1.165, 1.54) is 0 Å². The van der Waals surface area contributed by atoms with Crippen LogP contribution in [0.15, 0.2) is 59.4 Å². The zero-order valence-electron chi connectivity index (χ0n) is 10.2. The molecule has 2 aromatic carbocycles. The van der Waals surface area contributed by atoms with Crippen molar-refractivity contribution in [2.75, 3.05) is 0 Å². The van der Waals surface area contributed by atoms with Crippen LogP contribution in [0.5, 0.6) is 11.6 Å². The van der Waals surface area contributed by atoms with Crippen molar-refractivity contribution in [1.29, 1.82) is 0 Å². The second kappa shape index (κ2) is 3.72. The third-order valence-electron chi connectivity index (χ3n) is 3.50. The van der Waals surface area contributed by atoms with Gasteiger partial charge in [-0.2, -0.15) is 0 Å². The number of pyridine rings is 1. The number of rotatable bonds is 0. The predicted molar refractivity (Wildman–Crippen MR) is 73.8 cm³/mol. The SMILES string of the molecule is O=c1c2ccccc2cc2n1Cc1ccccc1O2. The highest BCUT2D eigenvalue weighted by Gasteiger charge is 2.18. The Kier molecular flexibility index (Phi) is 2.03. The number of aromatic nitrogens is 1. The fraction of sp³-hybridized carbons (Fsp3) is 0.0625. The number of nitrogens with zero attached hydrogens (tertiary/aromatic N) is 1. The Labute approximate surface area is 109 Å². The van der Waals surface area contributed by atoms with Gasteiger partial charge in [0.1, 0.15) is 5.75 Å². The van der Waals surface area contributed by atoms with Gasteiger partial charge in [0.2, 0.25) is 5.88 Å². The molecule has 3 nitrogen and oxygen atoms in total. The lowest BCUT2D eigenvalue weighted by Gasteiger charge is -2.22. The third kappa shape index (κ3) is 1.48. The van der Waals surface area contributed by atoms with Gasteiger partial charge >= 0.3 is 0 Å². The summed E-state index contributed by atoms with van der Waals surface area (Å²) in [6.45, 7) is 0.565. The van der Waals surface area contributed by atoms with E-state index >= 15 is 0 Å². The largest absolute Gasteiger partial charge is 0.440 e. The number of fused-ring (bicyclic) bond motifs is 3. The van der Waals surface area contributed by atoms with Crippen LogP contribution < -0.4 is 10.3 Å². The van der Waals surface area contributed by atoms with Gasteiger partial charge in [-0.05, 0) is 17.5 Å². The van der Waals surface area contributed by atoms with E-state index in [2.05, 4.69) is 0 Å². The first-order valence-electron chi connectivity index (χ1n) is 6.21. The molecule has 0 spiro atoms. The fourth-order valence-corrected chi connectivity index (χ4v) is 2.53. The molecule has 92 valence electrons. The summed E-state index contributed by atoms with van der Waals surface area (Å²) in [5, 5.41) is 1.65. The maximum atomic E-state index is 12.5. The summed E-state index contributed by atoms with van der Waals surface area (Å²) in [7, 11) is 0. The lowest BCUT2D eigenvalue weighted by molar-refractivity contribution is 0.397. The Bertz CT molecular complexity index is 849. The van der Waals surface area contributed by atoms with Crippen molar-refractivity contribution in [2.24, 2.45) is 0 Å². The Morgan fingerprint density at radius 1 is 1.00 bits per heavy atom. The molecule has 19 heavy (non-hydrogen) atoms. The van der Waals surface area contributed by atoms with Crippen LogP contribution in [-0.2, 0) is 6.54 Å². The van der Waals surface area contributed by atoms with Crippen LogP contribution in [0.4, 0.5) is 0 Å². The molecule has 3 aromatic rings. The molecule has 1 aromatic heterocycles. The van der Waals surface area contributed by atoms with Crippen LogP contribution in [0, 0.1) is 0 Å². The topological polar surface area (TPSA) is 31.2 Å². The highest BCUT2D eigenvalue weighted by molar-refractivity contribution is 5.82. The molecule has 0 amide bonds. The Morgan fingerprint density at radius 2 is 1.79 bits per heavy atom. The smallest absolute Gasteiger partial charge is 0.261 e. The van der Waals surface area contributed by atoms with Crippen LogP contribution in [-0.4, -0.2) is 4.57 Å². The summed E-state index contributed by atoms with van der Waals surface area (Å²) in [6.07, 6.45) is 0. The second-order valence-electron chi connectivity index (χ2n) is 4.67. The van der Waals surface area contributed by atoms with E-state index in [1.807, 2.05) is 54.6 Å². The zero-order valence-corrected chi connectivity index (χ0v) is 10.2. The minimum absolute atomic E-state index is 0.00241.